The lowest BCUT2D eigenvalue weighted by Crippen LogP contribution is -2.29. The summed E-state index contributed by atoms with van der Waals surface area (Å²) in [5.74, 6) is 6.50. The normalized spacial score (nSPS) is 12.5. The zero-order valence-corrected chi connectivity index (χ0v) is 14.5. The number of aromatic nitrogens is 2. The smallest absolute Gasteiger partial charge is 0.133 e. The molecular formula is C14H18BrClN4O. The Kier molecular flexibility index (Phi) is 5.27. The number of hydrogen-bond acceptors (Lipinski definition) is 4. The molecule has 7 heteroatoms. The first-order valence-corrected chi connectivity index (χ1v) is 7.62. The standard InChI is InChI=1S/C14H18BrClN4O/c1-8-10(14(16)20(2)19-8)7-12(18-17)9-4-5-13(21-3)11(15)6-9/h4-6,12,18H,7,17H2,1-3H3. The molecule has 0 aliphatic heterocycles. The molecule has 1 aromatic heterocycles. The minimum absolute atomic E-state index is 0.0624. The van der Waals surface area contributed by atoms with Crippen molar-refractivity contribution in [2.45, 2.75) is 19.4 Å². The van der Waals surface area contributed by atoms with Crippen molar-refractivity contribution >= 4 is 27.5 Å². The molecule has 3 N–H and O–H groups in total. The Morgan fingerprint density at radius 3 is 2.71 bits per heavy atom. The van der Waals surface area contributed by atoms with Gasteiger partial charge >= 0.3 is 0 Å². The van der Waals surface area contributed by atoms with Crippen molar-refractivity contribution in [2.24, 2.45) is 12.9 Å². The summed E-state index contributed by atoms with van der Waals surface area (Å²) in [5.41, 5.74) is 5.79. The highest BCUT2D eigenvalue weighted by Crippen LogP contribution is 2.30. The van der Waals surface area contributed by atoms with E-state index in [9.17, 15) is 0 Å². The van der Waals surface area contributed by atoms with Crippen LogP contribution in [0.5, 0.6) is 5.75 Å². The van der Waals surface area contributed by atoms with Gasteiger partial charge in [-0.25, -0.2) is 0 Å². The largest absolute Gasteiger partial charge is 0.496 e. The first kappa shape index (κ1) is 16.3. The summed E-state index contributed by atoms with van der Waals surface area (Å²) in [4.78, 5) is 0. The number of aryl methyl sites for hydroxylation is 2. The predicted octanol–water partition coefficient (Wildman–Crippen LogP) is 2.90. The molecule has 0 spiro atoms. The summed E-state index contributed by atoms with van der Waals surface area (Å²) in [5, 5.41) is 4.96. The molecule has 0 saturated carbocycles. The Hall–Kier alpha value is -1.08. The lowest BCUT2D eigenvalue weighted by Gasteiger charge is -2.17. The van der Waals surface area contributed by atoms with Crippen LogP contribution in [0, 0.1) is 6.92 Å². The molecule has 1 unspecified atom stereocenters. The third kappa shape index (κ3) is 3.40. The highest BCUT2D eigenvalue weighted by atomic mass is 79.9. The Morgan fingerprint density at radius 2 is 2.24 bits per heavy atom. The molecule has 2 aromatic rings. The van der Waals surface area contributed by atoms with Crippen LogP contribution in [0.4, 0.5) is 0 Å². The number of nitrogens with one attached hydrogen (secondary N) is 1. The van der Waals surface area contributed by atoms with Gasteiger partial charge in [-0.3, -0.25) is 16.0 Å². The van der Waals surface area contributed by atoms with E-state index >= 15 is 0 Å². The van der Waals surface area contributed by atoms with E-state index in [1.54, 1.807) is 11.8 Å². The Labute approximate surface area is 137 Å². The molecule has 0 bridgehead atoms. The topological polar surface area (TPSA) is 65.1 Å². The second-order valence-electron chi connectivity index (χ2n) is 4.80. The van der Waals surface area contributed by atoms with Crippen molar-refractivity contribution in [1.82, 2.24) is 15.2 Å². The molecule has 114 valence electrons. The van der Waals surface area contributed by atoms with Gasteiger partial charge in [0.1, 0.15) is 10.9 Å². The Morgan fingerprint density at radius 1 is 1.52 bits per heavy atom. The summed E-state index contributed by atoms with van der Waals surface area (Å²) >= 11 is 9.77. The van der Waals surface area contributed by atoms with Gasteiger partial charge in [0.25, 0.3) is 0 Å². The average molecular weight is 374 g/mol. The summed E-state index contributed by atoms with van der Waals surface area (Å²) in [7, 11) is 3.46. The van der Waals surface area contributed by atoms with Gasteiger partial charge < -0.3 is 4.74 Å². The molecule has 0 aliphatic carbocycles. The number of benzene rings is 1. The van der Waals surface area contributed by atoms with Gasteiger partial charge in [0.05, 0.1) is 23.3 Å². The van der Waals surface area contributed by atoms with Crippen LogP contribution >= 0.6 is 27.5 Å². The average Bonchev–Trinajstić information content (AvgIpc) is 2.70. The number of methoxy groups -OCH3 is 1. The van der Waals surface area contributed by atoms with Gasteiger partial charge in [-0.2, -0.15) is 5.10 Å². The summed E-state index contributed by atoms with van der Waals surface area (Å²) < 4.78 is 7.80. The van der Waals surface area contributed by atoms with Crippen molar-refractivity contribution < 1.29 is 4.74 Å². The molecule has 0 fully saturated rings. The van der Waals surface area contributed by atoms with E-state index in [0.717, 1.165) is 27.0 Å². The van der Waals surface area contributed by atoms with Crippen LogP contribution in [0.3, 0.4) is 0 Å². The zero-order chi connectivity index (χ0) is 15.6. The third-order valence-corrected chi connectivity index (χ3v) is 4.55. The fourth-order valence-corrected chi connectivity index (χ4v) is 3.09. The van der Waals surface area contributed by atoms with Crippen molar-refractivity contribution in [3.05, 3.63) is 44.6 Å². The van der Waals surface area contributed by atoms with E-state index in [-0.39, 0.29) is 6.04 Å². The molecule has 0 radical (unpaired) electrons. The van der Waals surface area contributed by atoms with Crippen LogP contribution < -0.4 is 16.0 Å². The van der Waals surface area contributed by atoms with Gasteiger partial charge in [-0.05, 0) is 47.0 Å². The number of hydrazine groups is 1. The molecule has 0 aliphatic rings. The molecule has 21 heavy (non-hydrogen) atoms. The maximum Gasteiger partial charge on any atom is 0.133 e. The van der Waals surface area contributed by atoms with E-state index in [2.05, 4.69) is 26.5 Å². The van der Waals surface area contributed by atoms with Crippen molar-refractivity contribution in [1.29, 1.82) is 0 Å². The molecule has 2 rings (SSSR count). The van der Waals surface area contributed by atoms with Crippen LogP contribution in [-0.4, -0.2) is 16.9 Å². The second-order valence-corrected chi connectivity index (χ2v) is 6.01. The van der Waals surface area contributed by atoms with Gasteiger partial charge in [0.15, 0.2) is 0 Å². The van der Waals surface area contributed by atoms with E-state index in [1.807, 2.05) is 32.2 Å². The molecule has 5 nitrogen and oxygen atoms in total. The van der Waals surface area contributed by atoms with E-state index in [1.165, 1.54) is 0 Å². The molecule has 1 atom stereocenters. The van der Waals surface area contributed by atoms with Gasteiger partial charge in [0, 0.05) is 12.6 Å². The highest BCUT2D eigenvalue weighted by Gasteiger charge is 2.18. The molecule has 0 amide bonds. The number of nitrogens with two attached hydrogens (primary N) is 1. The van der Waals surface area contributed by atoms with Gasteiger partial charge in [-0.1, -0.05) is 17.7 Å². The number of rotatable bonds is 5. The maximum absolute atomic E-state index is 6.28. The predicted molar refractivity (Wildman–Crippen MR) is 87.4 cm³/mol. The molecular weight excluding hydrogens is 356 g/mol. The molecule has 1 aromatic carbocycles. The lowest BCUT2D eigenvalue weighted by atomic mass is 10.00. The van der Waals surface area contributed by atoms with E-state index < -0.39 is 0 Å². The monoisotopic (exact) mass is 372 g/mol. The molecule has 0 saturated heterocycles. The first-order valence-electron chi connectivity index (χ1n) is 6.45. The Balaban J connectivity index is 2.30. The third-order valence-electron chi connectivity index (χ3n) is 3.46. The van der Waals surface area contributed by atoms with E-state index in [4.69, 9.17) is 22.2 Å². The minimum Gasteiger partial charge on any atom is -0.496 e. The fourth-order valence-electron chi connectivity index (χ4n) is 2.28. The first-order chi connectivity index (χ1) is 9.97. The van der Waals surface area contributed by atoms with Crippen LogP contribution in [0.25, 0.3) is 0 Å². The van der Waals surface area contributed by atoms with Gasteiger partial charge in [-0.15, -0.1) is 0 Å². The number of halogens is 2. The zero-order valence-electron chi connectivity index (χ0n) is 12.2. The quantitative estimate of drug-likeness (QED) is 0.625. The lowest BCUT2D eigenvalue weighted by molar-refractivity contribution is 0.411. The summed E-state index contributed by atoms with van der Waals surface area (Å²) in [6, 6.07) is 5.81. The Bertz CT molecular complexity index is 644. The van der Waals surface area contributed by atoms with Crippen LogP contribution in [0.1, 0.15) is 22.9 Å². The minimum atomic E-state index is -0.0624. The van der Waals surface area contributed by atoms with Crippen molar-refractivity contribution in [3.8, 4) is 5.75 Å². The van der Waals surface area contributed by atoms with Crippen LogP contribution in [-0.2, 0) is 13.5 Å². The molecule has 1 heterocycles. The van der Waals surface area contributed by atoms with Crippen LogP contribution in [0.2, 0.25) is 5.15 Å². The van der Waals surface area contributed by atoms with Crippen molar-refractivity contribution in [3.63, 3.8) is 0 Å². The van der Waals surface area contributed by atoms with Gasteiger partial charge in [0.2, 0.25) is 0 Å². The van der Waals surface area contributed by atoms with E-state index in [0.29, 0.717) is 11.6 Å². The number of hydrogen-bond donors (Lipinski definition) is 2. The number of ether oxygens (including phenoxy) is 1. The second kappa shape index (κ2) is 6.79. The van der Waals surface area contributed by atoms with Crippen LogP contribution in [0.15, 0.2) is 22.7 Å². The van der Waals surface area contributed by atoms with Crippen molar-refractivity contribution in [2.75, 3.05) is 7.11 Å². The SMILES string of the molecule is COc1ccc(C(Cc2c(C)nn(C)c2Cl)NN)cc1Br. The summed E-state index contributed by atoms with van der Waals surface area (Å²) in [6.07, 6.45) is 0.660. The highest BCUT2D eigenvalue weighted by molar-refractivity contribution is 9.10. The summed E-state index contributed by atoms with van der Waals surface area (Å²) in [6.45, 7) is 1.94. The fraction of sp³-hybridized carbons (Fsp3) is 0.357. The number of nitrogens with zero attached hydrogens (tertiary/aromatic N) is 2. The maximum atomic E-state index is 6.28.